The first-order valence-corrected chi connectivity index (χ1v) is 7.77. The Morgan fingerprint density at radius 1 is 1.29 bits per heavy atom. The van der Waals surface area contributed by atoms with Crippen molar-refractivity contribution < 1.29 is 14.5 Å². The topological polar surface area (TPSA) is 81.5 Å². The van der Waals surface area contributed by atoms with Gasteiger partial charge < -0.3 is 10.1 Å². The number of ether oxygens (including phenoxy) is 1. The number of nitrogens with zero attached hydrogens (tertiary/aromatic N) is 1. The van der Waals surface area contributed by atoms with Gasteiger partial charge in [-0.2, -0.15) is 0 Å². The second kappa shape index (κ2) is 7.79. The number of non-ortho nitro benzene ring substituents is 1. The van der Waals surface area contributed by atoms with Crippen molar-refractivity contribution in [3.63, 3.8) is 0 Å². The number of carbonyl (C=O) groups is 1. The van der Waals surface area contributed by atoms with Crippen LogP contribution in [-0.2, 0) is 0 Å². The van der Waals surface area contributed by atoms with E-state index in [1.807, 2.05) is 38.1 Å². The fourth-order valence-electron chi connectivity index (χ4n) is 2.18. The van der Waals surface area contributed by atoms with Gasteiger partial charge in [-0.05, 0) is 37.6 Å². The Balaban J connectivity index is 2.13. The van der Waals surface area contributed by atoms with Crippen LogP contribution in [0.5, 0.6) is 5.75 Å². The van der Waals surface area contributed by atoms with Gasteiger partial charge in [0.05, 0.1) is 28.2 Å². The minimum atomic E-state index is -0.566. The zero-order valence-corrected chi connectivity index (χ0v) is 14.0. The van der Waals surface area contributed by atoms with Gasteiger partial charge in [0.2, 0.25) is 0 Å². The lowest BCUT2D eigenvalue weighted by molar-refractivity contribution is -0.384. The van der Waals surface area contributed by atoms with Crippen molar-refractivity contribution in [3.8, 4) is 5.75 Å². The van der Waals surface area contributed by atoms with Crippen molar-refractivity contribution in [1.29, 1.82) is 0 Å². The average molecular weight is 349 g/mol. The molecule has 0 saturated heterocycles. The van der Waals surface area contributed by atoms with Gasteiger partial charge in [0.1, 0.15) is 5.75 Å². The second-order valence-corrected chi connectivity index (χ2v) is 5.53. The van der Waals surface area contributed by atoms with Crippen molar-refractivity contribution in [1.82, 2.24) is 5.32 Å². The standard InChI is InChI=1S/C17H17ClN2O4/c1-3-24-14-7-4-12(5-8-14)11(2)19-17(21)15-10-13(20(22)23)6-9-16(15)18/h4-11H,3H2,1-2H3,(H,19,21)/t11-/m0/s1. The molecule has 6 nitrogen and oxygen atoms in total. The van der Waals surface area contributed by atoms with E-state index in [0.717, 1.165) is 11.3 Å². The molecule has 0 spiro atoms. The van der Waals surface area contributed by atoms with Crippen LogP contribution in [0.15, 0.2) is 42.5 Å². The molecule has 0 fully saturated rings. The molecule has 0 bridgehead atoms. The summed E-state index contributed by atoms with van der Waals surface area (Å²) in [5.74, 6) is 0.284. The lowest BCUT2D eigenvalue weighted by atomic mass is 10.1. The molecule has 0 aromatic heterocycles. The van der Waals surface area contributed by atoms with Gasteiger partial charge in [-0.1, -0.05) is 23.7 Å². The van der Waals surface area contributed by atoms with Crippen LogP contribution >= 0.6 is 11.6 Å². The van der Waals surface area contributed by atoms with Crippen LogP contribution in [0.4, 0.5) is 5.69 Å². The van der Waals surface area contributed by atoms with Crippen molar-refractivity contribution in [2.24, 2.45) is 0 Å². The SMILES string of the molecule is CCOc1ccc([C@H](C)NC(=O)c2cc([N+](=O)[O-])ccc2Cl)cc1. The molecule has 0 unspecified atom stereocenters. The minimum absolute atomic E-state index is 0.0728. The summed E-state index contributed by atoms with van der Waals surface area (Å²) < 4.78 is 5.37. The van der Waals surface area contributed by atoms with E-state index in [4.69, 9.17) is 16.3 Å². The molecule has 2 aromatic rings. The fourth-order valence-corrected chi connectivity index (χ4v) is 2.38. The molecule has 24 heavy (non-hydrogen) atoms. The van der Waals surface area contributed by atoms with Crippen molar-refractivity contribution in [2.45, 2.75) is 19.9 Å². The Bertz CT molecular complexity index is 747. The average Bonchev–Trinajstić information content (AvgIpc) is 2.55. The highest BCUT2D eigenvalue weighted by atomic mass is 35.5. The summed E-state index contributed by atoms with van der Waals surface area (Å²) in [5, 5.41) is 13.8. The summed E-state index contributed by atoms with van der Waals surface area (Å²) >= 11 is 5.98. The maximum Gasteiger partial charge on any atom is 0.270 e. The summed E-state index contributed by atoms with van der Waals surface area (Å²) in [7, 11) is 0. The maximum atomic E-state index is 12.4. The Kier molecular flexibility index (Phi) is 5.76. The van der Waals surface area contributed by atoms with Gasteiger partial charge >= 0.3 is 0 Å². The van der Waals surface area contributed by atoms with Crippen molar-refractivity contribution >= 4 is 23.2 Å². The van der Waals surface area contributed by atoms with E-state index in [1.165, 1.54) is 18.2 Å². The van der Waals surface area contributed by atoms with Gasteiger partial charge in [-0.15, -0.1) is 0 Å². The van der Waals surface area contributed by atoms with E-state index in [1.54, 1.807) is 0 Å². The van der Waals surface area contributed by atoms with E-state index in [0.29, 0.717) is 6.61 Å². The summed E-state index contributed by atoms with van der Waals surface area (Å²) in [6.07, 6.45) is 0. The zero-order valence-electron chi connectivity index (χ0n) is 13.3. The lowest BCUT2D eigenvalue weighted by Gasteiger charge is -2.15. The van der Waals surface area contributed by atoms with Crippen LogP contribution in [0, 0.1) is 10.1 Å². The summed E-state index contributed by atoms with van der Waals surface area (Å²) in [6, 6.07) is 10.8. The first-order valence-electron chi connectivity index (χ1n) is 7.40. The normalized spacial score (nSPS) is 11.6. The molecule has 2 aromatic carbocycles. The molecular weight excluding hydrogens is 332 g/mol. The van der Waals surface area contributed by atoms with E-state index in [2.05, 4.69) is 5.32 Å². The fraction of sp³-hybridized carbons (Fsp3) is 0.235. The highest BCUT2D eigenvalue weighted by Crippen LogP contribution is 2.23. The van der Waals surface area contributed by atoms with Crippen LogP contribution < -0.4 is 10.1 Å². The lowest BCUT2D eigenvalue weighted by Crippen LogP contribution is -2.27. The van der Waals surface area contributed by atoms with E-state index < -0.39 is 10.8 Å². The Morgan fingerprint density at radius 3 is 2.54 bits per heavy atom. The van der Waals surface area contributed by atoms with Gasteiger partial charge in [0.15, 0.2) is 0 Å². The number of halogens is 1. The van der Waals surface area contributed by atoms with Crippen molar-refractivity contribution in [3.05, 3.63) is 68.7 Å². The largest absolute Gasteiger partial charge is 0.494 e. The Labute approximate surface area is 144 Å². The number of rotatable bonds is 6. The molecule has 2 rings (SSSR count). The number of nitro benzene ring substituents is 1. The maximum absolute atomic E-state index is 12.4. The van der Waals surface area contributed by atoms with Gasteiger partial charge in [-0.25, -0.2) is 0 Å². The molecule has 1 atom stereocenters. The van der Waals surface area contributed by atoms with Crippen LogP contribution in [0.3, 0.4) is 0 Å². The number of nitro groups is 1. The Morgan fingerprint density at radius 2 is 1.96 bits per heavy atom. The predicted octanol–water partition coefficient (Wildman–Crippen LogP) is 4.14. The van der Waals surface area contributed by atoms with Crippen LogP contribution in [-0.4, -0.2) is 17.4 Å². The number of carbonyl (C=O) groups excluding carboxylic acids is 1. The third-order valence-electron chi connectivity index (χ3n) is 3.44. The molecule has 0 aliphatic rings. The summed E-state index contributed by atoms with van der Waals surface area (Å²) in [5.41, 5.74) is 0.773. The molecule has 1 amide bonds. The molecule has 0 radical (unpaired) electrons. The minimum Gasteiger partial charge on any atom is -0.494 e. The Hall–Kier alpha value is -2.60. The number of hydrogen-bond acceptors (Lipinski definition) is 4. The third-order valence-corrected chi connectivity index (χ3v) is 3.77. The van der Waals surface area contributed by atoms with E-state index >= 15 is 0 Å². The molecule has 0 aliphatic heterocycles. The number of amides is 1. The summed E-state index contributed by atoms with van der Waals surface area (Å²) in [4.78, 5) is 22.6. The van der Waals surface area contributed by atoms with Gasteiger partial charge in [0.25, 0.3) is 11.6 Å². The molecule has 7 heteroatoms. The summed E-state index contributed by atoms with van der Waals surface area (Å²) in [6.45, 7) is 4.30. The number of nitrogens with one attached hydrogen (secondary N) is 1. The highest BCUT2D eigenvalue weighted by molar-refractivity contribution is 6.33. The van der Waals surface area contributed by atoms with Crippen LogP contribution in [0.2, 0.25) is 5.02 Å². The van der Waals surface area contributed by atoms with Crippen LogP contribution in [0.25, 0.3) is 0 Å². The first kappa shape index (κ1) is 17.7. The predicted molar refractivity (Wildman–Crippen MR) is 91.6 cm³/mol. The quantitative estimate of drug-likeness (QED) is 0.628. The van der Waals surface area contributed by atoms with E-state index in [9.17, 15) is 14.9 Å². The van der Waals surface area contributed by atoms with E-state index in [-0.39, 0.29) is 22.3 Å². The molecule has 1 N–H and O–H groups in total. The molecular formula is C17H17ClN2O4. The van der Waals surface area contributed by atoms with Gasteiger partial charge in [0, 0.05) is 12.1 Å². The monoisotopic (exact) mass is 348 g/mol. The zero-order chi connectivity index (χ0) is 17.7. The molecule has 0 saturated carbocycles. The first-order chi connectivity index (χ1) is 11.4. The molecule has 0 heterocycles. The van der Waals surface area contributed by atoms with Crippen molar-refractivity contribution in [2.75, 3.05) is 6.61 Å². The van der Waals surface area contributed by atoms with Gasteiger partial charge in [-0.3, -0.25) is 14.9 Å². The smallest absolute Gasteiger partial charge is 0.270 e. The third kappa shape index (κ3) is 4.23. The highest BCUT2D eigenvalue weighted by Gasteiger charge is 2.18. The number of hydrogen-bond donors (Lipinski definition) is 1. The number of benzene rings is 2. The molecule has 0 aliphatic carbocycles. The molecule has 126 valence electrons. The van der Waals surface area contributed by atoms with Crippen LogP contribution in [0.1, 0.15) is 35.8 Å². The second-order valence-electron chi connectivity index (χ2n) is 5.12.